The van der Waals surface area contributed by atoms with Gasteiger partial charge >= 0.3 is 12.6 Å². The van der Waals surface area contributed by atoms with Crippen LogP contribution in [0.25, 0.3) is 0 Å². The molecule has 0 fully saturated rings. The fourth-order valence-electron chi connectivity index (χ4n) is 1.41. The summed E-state index contributed by atoms with van der Waals surface area (Å²) in [6, 6.07) is 3.91. The normalized spacial score (nSPS) is 10.5. The van der Waals surface area contributed by atoms with Crippen LogP contribution >= 0.6 is 0 Å². The molecule has 0 heterocycles. The lowest BCUT2D eigenvalue weighted by Gasteiger charge is -2.09. The van der Waals surface area contributed by atoms with Gasteiger partial charge in [-0.05, 0) is 25.0 Å². The smallest absolute Gasteiger partial charge is 0.387 e. The third-order valence-corrected chi connectivity index (χ3v) is 2.16. The summed E-state index contributed by atoms with van der Waals surface area (Å²) in [6.07, 6.45) is 0.0635. The molecule has 0 aliphatic rings. The molecule has 0 saturated carbocycles. The Morgan fingerprint density at radius 3 is 2.72 bits per heavy atom. The molecule has 1 aromatic carbocycles. The van der Waals surface area contributed by atoms with Gasteiger partial charge in [-0.2, -0.15) is 8.78 Å². The minimum absolute atomic E-state index is 0.0110. The minimum atomic E-state index is -3.08. The van der Waals surface area contributed by atoms with Crippen molar-refractivity contribution in [1.82, 2.24) is 0 Å². The molecule has 18 heavy (non-hydrogen) atoms. The van der Waals surface area contributed by atoms with E-state index in [-0.39, 0.29) is 25.0 Å². The molecule has 0 aliphatic heterocycles. The average molecular weight is 262 g/mol. The maximum Gasteiger partial charge on any atom is 0.387 e. The van der Waals surface area contributed by atoms with Gasteiger partial charge in [0.2, 0.25) is 0 Å². The largest absolute Gasteiger partial charge is 0.466 e. The second-order valence-electron chi connectivity index (χ2n) is 3.41. The molecule has 0 aromatic heterocycles. The number of carbonyl (C=O) groups is 1. The third kappa shape index (κ3) is 4.27. The SMILES string of the molecule is CCOC(=O)CCc1cccc(OC(F)F)c1F. The van der Waals surface area contributed by atoms with E-state index in [0.717, 1.165) is 6.07 Å². The van der Waals surface area contributed by atoms with Gasteiger partial charge in [-0.15, -0.1) is 0 Å². The Hall–Kier alpha value is -1.72. The van der Waals surface area contributed by atoms with Crippen molar-refractivity contribution in [2.24, 2.45) is 0 Å². The summed E-state index contributed by atoms with van der Waals surface area (Å²) in [5.41, 5.74) is 0.140. The summed E-state index contributed by atoms with van der Waals surface area (Å²) in [4.78, 5) is 11.1. The second kappa shape index (κ2) is 6.88. The van der Waals surface area contributed by atoms with E-state index in [4.69, 9.17) is 0 Å². The monoisotopic (exact) mass is 262 g/mol. The molecule has 0 spiro atoms. The number of aryl methyl sites for hydroxylation is 1. The molecular weight excluding hydrogens is 249 g/mol. The predicted octanol–water partition coefficient (Wildman–Crippen LogP) is 2.92. The first-order valence-corrected chi connectivity index (χ1v) is 5.42. The zero-order valence-corrected chi connectivity index (χ0v) is 9.79. The molecule has 3 nitrogen and oxygen atoms in total. The quantitative estimate of drug-likeness (QED) is 0.739. The van der Waals surface area contributed by atoms with Crippen LogP contribution < -0.4 is 4.74 Å². The topological polar surface area (TPSA) is 35.5 Å². The Balaban J connectivity index is 2.68. The number of benzene rings is 1. The van der Waals surface area contributed by atoms with Gasteiger partial charge in [0.25, 0.3) is 0 Å². The Morgan fingerprint density at radius 2 is 2.11 bits per heavy atom. The first-order valence-electron chi connectivity index (χ1n) is 5.42. The fraction of sp³-hybridized carbons (Fsp3) is 0.417. The first kappa shape index (κ1) is 14.3. The van der Waals surface area contributed by atoms with Gasteiger partial charge in [0.1, 0.15) is 0 Å². The standard InChI is InChI=1S/C12H13F3O3/c1-2-17-10(16)7-6-8-4-3-5-9(11(8)13)18-12(14)15/h3-5,12H,2,6-7H2,1H3. The van der Waals surface area contributed by atoms with Crippen LogP contribution in [0, 0.1) is 5.82 Å². The summed E-state index contributed by atoms with van der Waals surface area (Å²) in [5.74, 6) is -1.86. The highest BCUT2D eigenvalue weighted by atomic mass is 19.3. The van der Waals surface area contributed by atoms with E-state index < -0.39 is 24.1 Å². The van der Waals surface area contributed by atoms with Crippen molar-refractivity contribution in [2.75, 3.05) is 6.61 Å². The van der Waals surface area contributed by atoms with Gasteiger partial charge < -0.3 is 9.47 Å². The first-order chi connectivity index (χ1) is 8.54. The molecule has 0 N–H and O–H groups in total. The molecule has 100 valence electrons. The molecule has 0 amide bonds. The Bertz CT molecular complexity index is 408. The van der Waals surface area contributed by atoms with E-state index in [1.807, 2.05) is 0 Å². The van der Waals surface area contributed by atoms with E-state index in [0.29, 0.717) is 0 Å². The van der Waals surface area contributed by atoms with Crippen molar-refractivity contribution in [3.8, 4) is 5.75 Å². The third-order valence-electron chi connectivity index (χ3n) is 2.16. The lowest BCUT2D eigenvalue weighted by molar-refractivity contribution is -0.143. The maximum absolute atomic E-state index is 13.7. The molecule has 6 heteroatoms. The van der Waals surface area contributed by atoms with Gasteiger partial charge in [0, 0.05) is 6.42 Å². The summed E-state index contributed by atoms with van der Waals surface area (Å²) < 4.78 is 46.3. The lowest BCUT2D eigenvalue weighted by Crippen LogP contribution is -2.08. The van der Waals surface area contributed by atoms with Crippen LogP contribution in [0.2, 0.25) is 0 Å². The van der Waals surface area contributed by atoms with Crippen molar-refractivity contribution in [3.05, 3.63) is 29.6 Å². The number of halogens is 3. The Kier molecular flexibility index (Phi) is 5.48. The number of hydrogen-bond acceptors (Lipinski definition) is 3. The second-order valence-corrected chi connectivity index (χ2v) is 3.41. The lowest BCUT2D eigenvalue weighted by atomic mass is 10.1. The molecule has 0 aliphatic carbocycles. The van der Waals surface area contributed by atoms with Crippen LogP contribution in [-0.2, 0) is 16.0 Å². The van der Waals surface area contributed by atoms with Crippen LogP contribution in [0.5, 0.6) is 5.75 Å². The van der Waals surface area contributed by atoms with Crippen LogP contribution in [0.15, 0.2) is 18.2 Å². The van der Waals surface area contributed by atoms with Crippen LogP contribution in [0.1, 0.15) is 18.9 Å². The van der Waals surface area contributed by atoms with Crippen LogP contribution in [-0.4, -0.2) is 19.2 Å². The average Bonchev–Trinajstić information content (AvgIpc) is 2.30. The zero-order valence-electron chi connectivity index (χ0n) is 9.79. The zero-order chi connectivity index (χ0) is 13.5. The number of esters is 1. The number of rotatable bonds is 6. The van der Waals surface area contributed by atoms with Crippen molar-refractivity contribution >= 4 is 5.97 Å². The van der Waals surface area contributed by atoms with Gasteiger partial charge in [0.05, 0.1) is 6.61 Å². The molecule has 0 radical (unpaired) electrons. The van der Waals surface area contributed by atoms with E-state index >= 15 is 0 Å². The van der Waals surface area contributed by atoms with Crippen molar-refractivity contribution in [2.45, 2.75) is 26.4 Å². The van der Waals surface area contributed by atoms with E-state index in [1.54, 1.807) is 6.92 Å². The molecule has 0 bridgehead atoms. The van der Waals surface area contributed by atoms with E-state index in [2.05, 4.69) is 9.47 Å². The number of hydrogen-bond donors (Lipinski definition) is 0. The van der Waals surface area contributed by atoms with Crippen molar-refractivity contribution < 1.29 is 27.4 Å². The molecular formula is C12H13F3O3. The maximum atomic E-state index is 13.7. The van der Waals surface area contributed by atoms with Gasteiger partial charge in [-0.1, -0.05) is 12.1 Å². The molecule has 0 saturated heterocycles. The minimum Gasteiger partial charge on any atom is -0.466 e. The highest BCUT2D eigenvalue weighted by Crippen LogP contribution is 2.23. The van der Waals surface area contributed by atoms with Gasteiger partial charge in [0.15, 0.2) is 11.6 Å². The van der Waals surface area contributed by atoms with Crippen molar-refractivity contribution in [3.63, 3.8) is 0 Å². The highest BCUT2D eigenvalue weighted by Gasteiger charge is 2.14. The van der Waals surface area contributed by atoms with Crippen LogP contribution in [0.4, 0.5) is 13.2 Å². The van der Waals surface area contributed by atoms with Gasteiger partial charge in [-0.25, -0.2) is 4.39 Å². The predicted molar refractivity (Wildman–Crippen MR) is 58.0 cm³/mol. The fourth-order valence-corrected chi connectivity index (χ4v) is 1.41. The molecule has 0 unspecified atom stereocenters. The van der Waals surface area contributed by atoms with Crippen molar-refractivity contribution in [1.29, 1.82) is 0 Å². The van der Waals surface area contributed by atoms with Gasteiger partial charge in [-0.3, -0.25) is 4.79 Å². The summed E-state index contributed by atoms with van der Waals surface area (Å²) in [5, 5.41) is 0. The molecule has 1 rings (SSSR count). The number of ether oxygens (including phenoxy) is 2. The van der Waals surface area contributed by atoms with E-state index in [1.165, 1.54) is 12.1 Å². The molecule has 1 aromatic rings. The number of alkyl halides is 2. The number of carbonyl (C=O) groups excluding carboxylic acids is 1. The summed E-state index contributed by atoms with van der Waals surface area (Å²) in [6.45, 7) is -1.18. The molecule has 0 atom stereocenters. The van der Waals surface area contributed by atoms with Crippen LogP contribution in [0.3, 0.4) is 0 Å². The summed E-state index contributed by atoms with van der Waals surface area (Å²) >= 11 is 0. The Labute approximate surface area is 103 Å². The highest BCUT2D eigenvalue weighted by molar-refractivity contribution is 5.69. The Morgan fingerprint density at radius 1 is 1.39 bits per heavy atom. The summed E-state index contributed by atoms with van der Waals surface area (Å²) in [7, 11) is 0. The van der Waals surface area contributed by atoms with E-state index in [9.17, 15) is 18.0 Å².